The van der Waals surface area contributed by atoms with Gasteiger partial charge in [0.1, 0.15) is 0 Å². The van der Waals surface area contributed by atoms with E-state index in [2.05, 4.69) is 0 Å². The van der Waals surface area contributed by atoms with Gasteiger partial charge in [0.25, 0.3) is 5.91 Å². The Balaban J connectivity index is 2.02. The standard InChI is InChI=1S/C12H14ClNO/c1-14(8-9-2-3-9)12(15)10-4-6-11(13)7-5-10/h4-7,9H,2-3,8H2,1H3. The van der Waals surface area contributed by atoms with Crippen molar-refractivity contribution < 1.29 is 4.79 Å². The Bertz CT molecular complexity index is 356. The number of hydrogen-bond acceptors (Lipinski definition) is 1. The van der Waals surface area contributed by atoms with E-state index in [1.807, 2.05) is 7.05 Å². The van der Waals surface area contributed by atoms with E-state index in [1.165, 1.54) is 12.8 Å². The van der Waals surface area contributed by atoms with Crippen molar-refractivity contribution >= 4 is 17.5 Å². The monoisotopic (exact) mass is 223 g/mol. The zero-order valence-corrected chi connectivity index (χ0v) is 9.50. The Morgan fingerprint density at radius 2 is 2.00 bits per heavy atom. The Morgan fingerprint density at radius 1 is 1.40 bits per heavy atom. The summed E-state index contributed by atoms with van der Waals surface area (Å²) in [5.41, 5.74) is 0.711. The summed E-state index contributed by atoms with van der Waals surface area (Å²) in [5, 5.41) is 0.663. The van der Waals surface area contributed by atoms with Crippen LogP contribution in [0.3, 0.4) is 0 Å². The zero-order valence-electron chi connectivity index (χ0n) is 8.74. The molecular formula is C12H14ClNO. The van der Waals surface area contributed by atoms with E-state index in [0.29, 0.717) is 10.6 Å². The Hall–Kier alpha value is -1.02. The molecule has 0 saturated heterocycles. The third kappa shape index (κ3) is 2.72. The summed E-state index contributed by atoms with van der Waals surface area (Å²) in [6, 6.07) is 7.04. The fourth-order valence-electron chi connectivity index (χ4n) is 1.58. The van der Waals surface area contributed by atoms with Gasteiger partial charge in [-0.15, -0.1) is 0 Å². The number of halogens is 1. The molecule has 0 N–H and O–H groups in total. The summed E-state index contributed by atoms with van der Waals surface area (Å²) >= 11 is 5.77. The second-order valence-electron chi connectivity index (χ2n) is 4.14. The van der Waals surface area contributed by atoms with Crippen LogP contribution in [0.25, 0.3) is 0 Å². The Labute approximate surface area is 94.8 Å². The number of amides is 1. The van der Waals surface area contributed by atoms with Crippen LogP contribution >= 0.6 is 11.6 Å². The average Bonchev–Trinajstić information content (AvgIpc) is 3.02. The van der Waals surface area contributed by atoms with Gasteiger partial charge in [-0.2, -0.15) is 0 Å². The maximum absolute atomic E-state index is 11.9. The van der Waals surface area contributed by atoms with Gasteiger partial charge in [-0.3, -0.25) is 4.79 Å². The molecule has 3 heteroatoms. The fourth-order valence-corrected chi connectivity index (χ4v) is 1.71. The van der Waals surface area contributed by atoms with E-state index in [0.717, 1.165) is 12.5 Å². The number of hydrogen-bond donors (Lipinski definition) is 0. The summed E-state index contributed by atoms with van der Waals surface area (Å²) in [6.45, 7) is 0.876. The summed E-state index contributed by atoms with van der Waals surface area (Å²) < 4.78 is 0. The van der Waals surface area contributed by atoms with Crippen LogP contribution < -0.4 is 0 Å². The molecule has 1 aromatic carbocycles. The van der Waals surface area contributed by atoms with Crippen molar-refractivity contribution in [1.29, 1.82) is 0 Å². The minimum absolute atomic E-state index is 0.0820. The molecular weight excluding hydrogens is 210 g/mol. The molecule has 15 heavy (non-hydrogen) atoms. The highest BCUT2D eigenvalue weighted by atomic mass is 35.5. The average molecular weight is 224 g/mol. The summed E-state index contributed by atoms with van der Waals surface area (Å²) in [7, 11) is 1.86. The highest BCUT2D eigenvalue weighted by molar-refractivity contribution is 6.30. The van der Waals surface area contributed by atoms with Crippen LogP contribution in [-0.2, 0) is 0 Å². The first kappa shape index (κ1) is 10.5. The largest absolute Gasteiger partial charge is 0.341 e. The van der Waals surface area contributed by atoms with Crippen molar-refractivity contribution in [3.8, 4) is 0 Å². The fraction of sp³-hybridized carbons (Fsp3) is 0.417. The van der Waals surface area contributed by atoms with Gasteiger partial charge < -0.3 is 4.90 Å². The predicted molar refractivity (Wildman–Crippen MR) is 61.1 cm³/mol. The van der Waals surface area contributed by atoms with Crippen molar-refractivity contribution in [3.05, 3.63) is 34.9 Å². The van der Waals surface area contributed by atoms with Crippen molar-refractivity contribution in [2.24, 2.45) is 5.92 Å². The topological polar surface area (TPSA) is 20.3 Å². The van der Waals surface area contributed by atoms with E-state index in [4.69, 9.17) is 11.6 Å². The first-order valence-corrected chi connectivity index (χ1v) is 5.55. The first-order chi connectivity index (χ1) is 7.16. The van der Waals surface area contributed by atoms with Crippen molar-refractivity contribution in [3.63, 3.8) is 0 Å². The van der Waals surface area contributed by atoms with Crippen LogP contribution in [-0.4, -0.2) is 24.4 Å². The molecule has 0 spiro atoms. The van der Waals surface area contributed by atoms with Crippen LogP contribution in [0.5, 0.6) is 0 Å². The molecule has 1 aromatic rings. The van der Waals surface area contributed by atoms with Crippen LogP contribution in [0.2, 0.25) is 5.02 Å². The molecule has 80 valence electrons. The van der Waals surface area contributed by atoms with Gasteiger partial charge in [0, 0.05) is 24.2 Å². The highest BCUT2D eigenvalue weighted by Gasteiger charge is 2.25. The second-order valence-corrected chi connectivity index (χ2v) is 4.57. The minimum Gasteiger partial charge on any atom is -0.341 e. The van der Waals surface area contributed by atoms with Crippen LogP contribution in [0.1, 0.15) is 23.2 Å². The van der Waals surface area contributed by atoms with Gasteiger partial charge in [-0.05, 0) is 43.0 Å². The van der Waals surface area contributed by atoms with Crippen molar-refractivity contribution in [1.82, 2.24) is 4.90 Å². The van der Waals surface area contributed by atoms with E-state index >= 15 is 0 Å². The van der Waals surface area contributed by atoms with Gasteiger partial charge in [0.2, 0.25) is 0 Å². The van der Waals surface area contributed by atoms with Gasteiger partial charge in [-0.25, -0.2) is 0 Å². The van der Waals surface area contributed by atoms with Gasteiger partial charge >= 0.3 is 0 Å². The maximum Gasteiger partial charge on any atom is 0.253 e. The molecule has 0 aromatic heterocycles. The van der Waals surface area contributed by atoms with Crippen molar-refractivity contribution in [2.75, 3.05) is 13.6 Å². The Morgan fingerprint density at radius 3 is 2.53 bits per heavy atom. The molecule has 2 rings (SSSR count). The summed E-state index contributed by atoms with van der Waals surface area (Å²) in [6.07, 6.45) is 2.52. The molecule has 1 fully saturated rings. The first-order valence-electron chi connectivity index (χ1n) is 5.18. The molecule has 0 unspecified atom stereocenters. The molecule has 1 aliphatic carbocycles. The minimum atomic E-state index is 0.0820. The molecule has 0 heterocycles. The van der Waals surface area contributed by atoms with E-state index in [1.54, 1.807) is 29.2 Å². The number of nitrogens with zero attached hydrogens (tertiary/aromatic N) is 1. The lowest BCUT2D eigenvalue weighted by molar-refractivity contribution is 0.0788. The van der Waals surface area contributed by atoms with Crippen LogP contribution in [0.15, 0.2) is 24.3 Å². The smallest absolute Gasteiger partial charge is 0.253 e. The molecule has 1 amide bonds. The second kappa shape index (κ2) is 4.23. The number of carbonyl (C=O) groups excluding carboxylic acids is 1. The number of carbonyl (C=O) groups is 1. The van der Waals surface area contributed by atoms with Crippen LogP contribution in [0, 0.1) is 5.92 Å². The van der Waals surface area contributed by atoms with E-state index < -0.39 is 0 Å². The predicted octanol–water partition coefficient (Wildman–Crippen LogP) is 2.82. The molecule has 2 nitrogen and oxygen atoms in total. The maximum atomic E-state index is 11.9. The van der Waals surface area contributed by atoms with E-state index in [-0.39, 0.29) is 5.91 Å². The number of benzene rings is 1. The normalized spacial score (nSPS) is 15.1. The third-order valence-corrected chi connectivity index (χ3v) is 2.92. The van der Waals surface area contributed by atoms with E-state index in [9.17, 15) is 4.79 Å². The van der Waals surface area contributed by atoms with Gasteiger partial charge in [-0.1, -0.05) is 11.6 Å². The molecule has 0 bridgehead atoms. The lowest BCUT2D eigenvalue weighted by atomic mass is 10.2. The Kier molecular flexibility index (Phi) is 2.96. The van der Waals surface area contributed by atoms with Crippen molar-refractivity contribution in [2.45, 2.75) is 12.8 Å². The molecule has 1 saturated carbocycles. The summed E-state index contributed by atoms with van der Waals surface area (Å²) in [5.74, 6) is 0.810. The summed E-state index contributed by atoms with van der Waals surface area (Å²) in [4.78, 5) is 13.7. The quantitative estimate of drug-likeness (QED) is 0.772. The molecule has 0 atom stereocenters. The molecule has 0 aliphatic heterocycles. The lowest BCUT2D eigenvalue weighted by Crippen LogP contribution is -2.28. The van der Waals surface area contributed by atoms with Gasteiger partial charge in [0.05, 0.1) is 0 Å². The van der Waals surface area contributed by atoms with Crippen LogP contribution in [0.4, 0.5) is 0 Å². The number of rotatable bonds is 3. The zero-order chi connectivity index (χ0) is 10.8. The highest BCUT2D eigenvalue weighted by Crippen LogP contribution is 2.29. The lowest BCUT2D eigenvalue weighted by Gasteiger charge is -2.16. The molecule has 0 radical (unpaired) electrons. The SMILES string of the molecule is CN(CC1CC1)C(=O)c1ccc(Cl)cc1. The third-order valence-electron chi connectivity index (χ3n) is 2.67. The molecule has 1 aliphatic rings. The van der Waals surface area contributed by atoms with Gasteiger partial charge in [0.15, 0.2) is 0 Å².